The molecule has 0 aliphatic heterocycles. The second-order valence-corrected chi connectivity index (χ2v) is 4.19. The van der Waals surface area contributed by atoms with Gasteiger partial charge in [0.25, 0.3) is 5.91 Å². The number of hydrogen-bond acceptors (Lipinski definition) is 3. The number of ketones is 1. The van der Waals surface area contributed by atoms with Crippen LogP contribution in [0.5, 0.6) is 0 Å². The Morgan fingerprint density at radius 1 is 1.37 bits per heavy atom. The number of amides is 1. The Morgan fingerprint density at radius 3 is 2.84 bits per heavy atom. The van der Waals surface area contributed by atoms with Gasteiger partial charge >= 0.3 is 0 Å². The molecule has 0 radical (unpaired) electrons. The van der Waals surface area contributed by atoms with Crippen LogP contribution in [0.2, 0.25) is 0 Å². The van der Waals surface area contributed by atoms with Gasteiger partial charge in [-0.15, -0.1) is 0 Å². The lowest BCUT2D eigenvalue weighted by Gasteiger charge is -2.03. The van der Waals surface area contributed by atoms with E-state index >= 15 is 0 Å². The molecule has 2 heterocycles. The van der Waals surface area contributed by atoms with Crippen molar-refractivity contribution in [1.82, 2.24) is 15.3 Å². The second kappa shape index (κ2) is 5.95. The molecule has 19 heavy (non-hydrogen) atoms. The third kappa shape index (κ3) is 3.51. The second-order valence-electron chi connectivity index (χ2n) is 4.19. The number of rotatable bonds is 5. The average molecular weight is 257 g/mol. The van der Waals surface area contributed by atoms with Gasteiger partial charge in [-0.2, -0.15) is 0 Å². The van der Waals surface area contributed by atoms with Gasteiger partial charge < -0.3 is 10.3 Å². The molecule has 2 N–H and O–H groups in total. The third-order valence-corrected chi connectivity index (χ3v) is 2.73. The van der Waals surface area contributed by atoms with Gasteiger partial charge in [-0.3, -0.25) is 14.6 Å². The van der Waals surface area contributed by atoms with Crippen LogP contribution in [-0.2, 0) is 6.42 Å². The quantitative estimate of drug-likeness (QED) is 0.799. The number of aromatic amines is 1. The number of nitrogens with one attached hydrogen (secondary N) is 2. The van der Waals surface area contributed by atoms with Crippen molar-refractivity contribution in [2.24, 2.45) is 0 Å². The highest BCUT2D eigenvalue weighted by atomic mass is 16.2. The van der Waals surface area contributed by atoms with E-state index in [9.17, 15) is 9.59 Å². The topological polar surface area (TPSA) is 74.8 Å². The van der Waals surface area contributed by atoms with Crippen molar-refractivity contribution in [3.63, 3.8) is 0 Å². The molecule has 98 valence electrons. The van der Waals surface area contributed by atoms with Crippen LogP contribution in [0.4, 0.5) is 0 Å². The number of Topliss-reactive ketones (excluding diaryl/α,β-unsaturated/α-hetero) is 1. The maximum absolute atomic E-state index is 11.8. The maximum atomic E-state index is 11.8. The van der Waals surface area contributed by atoms with Gasteiger partial charge in [-0.05, 0) is 25.1 Å². The Kier molecular flexibility index (Phi) is 4.07. The minimum Gasteiger partial charge on any atom is -0.356 e. The molecule has 2 aromatic heterocycles. The van der Waals surface area contributed by atoms with E-state index < -0.39 is 0 Å². The van der Waals surface area contributed by atoms with Crippen LogP contribution in [0.3, 0.4) is 0 Å². The summed E-state index contributed by atoms with van der Waals surface area (Å²) in [6.07, 6.45) is 3.93. The first kappa shape index (κ1) is 13.0. The predicted molar refractivity (Wildman–Crippen MR) is 71.1 cm³/mol. The van der Waals surface area contributed by atoms with Crippen LogP contribution in [0.25, 0.3) is 0 Å². The summed E-state index contributed by atoms with van der Waals surface area (Å²) >= 11 is 0. The van der Waals surface area contributed by atoms with Crippen molar-refractivity contribution < 1.29 is 9.59 Å². The first-order valence-corrected chi connectivity index (χ1v) is 6.04. The van der Waals surface area contributed by atoms with Crippen molar-refractivity contribution >= 4 is 11.7 Å². The SMILES string of the molecule is CC(=O)c1c[nH]c(C(=O)NCCc2ccccn2)c1. The Balaban J connectivity index is 1.85. The number of H-pyrrole nitrogens is 1. The van der Waals surface area contributed by atoms with Gasteiger partial charge in [0, 0.05) is 36.6 Å². The zero-order valence-electron chi connectivity index (χ0n) is 10.6. The van der Waals surface area contributed by atoms with Gasteiger partial charge in [-0.1, -0.05) is 6.07 Å². The average Bonchev–Trinajstić information content (AvgIpc) is 2.89. The molecule has 0 saturated heterocycles. The minimum atomic E-state index is -0.219. The van der Waals surface area contributed by atoms with Crippen LogP contribution < -0.4 is 5.32 Å². The van der Waals surface area contributed by atoms with Crippen molar-refractivity contribution in [2.45, 2.75) is 13.3 Å². The van der Waals surface area contributed by atoms with E-state index in [4.69, 9.17) is 0 Å². The smallest absolute Gasteiger partial charge is 0.267 e. The highest BCUT2D eigenvalue weighted by Crippen LogP contribution is 2.04. The summed E-state index contributed by atoms with van der Waals surface area (Å²) in [6, 6.07) is 7.23. The number of nitrogens with zero attached hydrogens (tertiary/aromatic N) is 1. The van der Waals surface area contributed by atoms with E-state index in [0.717, 1.165) is 5.69 Å². The summed E-state index contributed by atoms with van der Waals surface area (Å²) < 4.78 is 0. The fraction of sp³-hybridized carbons (Fsp3) is 0.214. The van der Waals surface area contributed by atoms with Crippen LogP contribution in [0.1, 0.15) is 33.5 Å². The Morgan fingerprint density at radius 2 is 2.21 bits per heavy atom. The number of carbonyl (C=O) groups excluding carboxylic acids is 2. The molecule has 5 nitrogen and oxygen atoms in total. The molecule has 0 atom stereocenters. The summed E-state index contributed by atoms with van der Waals surface area (Å²) in [5, 5.41) is 2.78. The van der Waals surface area contributed by atoms with E-state index in [-0.39, 0.29) is 11.7 Å². The molecule has 0 fully saturated rings. The lowest BCUT2D eigenvalue weighted by atomic mass is 10.2. The number of hydrogen-bond donors (Lipinski definition) is 2. The van der Waals surface area contributed by atoms with Crippen molar-refractivity contribution in [3.8, 4) is 0 Å². The normalized spacial score (nSPS) is 10.2. The van der Waals surface area contributed by atoms with Crippen molar-refractivity contribution in [2.75, 3.05) is 6.54 Å². The van der Waals surface area contributed by atoms with Gasteiger partial charge in [-0.25, -0.2) is 0 Å². The molecule has 2 aromatic rings. The monoisotopic (exact) mass is 257 g/mol. The van der Waals surface area contributed by atoms with E-state index in [1.165, 1.54) is 13.1 Å². The van der Waals surface area contributed by atoms with Crippen LogP contribution >= 0.6 is 0 Å². The zero-order valence-corrected chi connectivity index (χ0v) is 10.6. The molecule has 0 spiro atoms. The van der Waals surface area contributed by atoms with Crippen LogP contribution in [0, 0.1) is 0 Å². The molecule has 2 rings (SSSR count). The van der Waals surface area contributed by atoms with E-state index in [1.807, 2.05) is 18.2 Å². The molecular weight excluding hydrogens is 242 g/mol. The Bertz CT molecular complexity index is 575. The molecule has 0 aliphatic carbocycles. The molecule has 0 unspecified atom stereocenters. The molecule has 1 amide bonds. The standard InChI is InChI=1S/C14H15N3O2/c1-10(18)11-8-13(17-9-11)14(19)16-7-5-12-4-2-3-6-15-12/h2-4,6,8-9,17H,5,7H2,1H3,(H,16,19). The summed E-state index contributed by atoms with van der Waals surface area (Å²) in [5.74, 6) is -0.285. The van der Waals surface area contributed by atoms with Gasteiger partial charge in [0.2, 0.25) is 0 Å². The third-order valence-electron chi connectivity index (χ3n) is 2.73. The fourth-order valence-electron chi connectivity index (χ4n) is 1.67. The molecule has 0 bridgehead atoms. The largest absolute Gasteiger partial charge is 0.356 e. The summed E-state index contributed by atoms with van der Waals surface area (Å²) in [7, 11) is 0. The van der Waals surface area contributed by atoms with Gasteiger partial charge in [0.1, 0.15) is 5.69 Å². The van der Waals surface area contributed by atoms with E-state index in [0.29, 0.717) is 24.2 Å². The fourth-order valence-corrected chi connectivity index (χ4v) is 1.67. The first-order valence-electron chi connectivity index (χ1n) is 6.04. The van der Waals surface area contributed by atoms with E-state index in [2.05, 4.69) is 15.3 Å². The van der Waals surface area contributed by atoms with Gasteiger partial charge in [0.05, 0.1) is 0 Å². The molecule has 0 aromatic carbocycles. The summed E-state index contributed by atoms with van der Waals surface area (Å²) in [5.41, 5.74) is 1.83. The lowest BCUT2D eigenvalue weighted by Crippen LogP contribution is -2.26. The van der Waals surface area contributed by atoms with Gasteiger partial charge in [0.15, 0.2) is 5.78 Å². The summed E-state index contributed by atoms with van der Waals surface area (Å²) in [4.78, 5) is 29.9. The Labute approximate surface area is 111 Å². The van der Waals surface area contributed by atoms with Crippen molar-refractivity contribution in [3.05, 3.63) is 53.6 Å². The first-order chi connectivity index (χ1) is 9.16. The van der Waals surface area contributed by atoms with Crippen molar-refractivity contribution in [1.29, 1.82) is 0 Å². The number of carbonyl (C=O) groups is 2. The molecule has 5 heteroatoms. The minimum absolute atomic E-state index is 0.0659. The highest BCUT2D eigenvalue weighted by Gasteiger charge is 2.09. The molecular formula is C14H15N3O2. The van der Waals surface area contributed by atoms with Crippen LogP contribution in [-0.4, -0.2) is 28.2 Å². The highest BCUT2D eigenvalue weighted by molar-refractivity contribution is 5.99. The Hall–Kier alpha value is -2.43. The number of pyridine rings is 1. The lowest BCUT2D eigenvalue weighted by molar-refractivity contribution is 0.0949. The zero-order chi connectivity index (χ0) is 13.7. The van der Waals surface area contributed by atoms with Crippen LogP contribution in [0.15, 0.2) is 36.7 Å². The maximum Gasteiger partial charge on any atom is 0.267 e. The molecule has 0 saturated carbocycles. The predicted octanol–water partition coefficient (Wildman–Crippen LogP) is 1.58. The molecule has 0 aliphatic rings. The number of aromatic nitrogens is 2. The van der Waals surface area contributed by atoms with E-state index in [1.54, 1.807) is 12.3 Å². The summed E-state index contributed by atoms with van der Waals surface area (Å²) in [6.45, 7) is 1.97.